The van der Waals surface area contributed by atoms with Crippen LogP contribution in [-0.4, -0.2) is 23.1 Å². The molecular weight excluding hydrogens is 274 g/mol. The summed E-state index contributed by atoms with van der Waals surface area (Å²) in [5.41, 5.74) is 6.48. The second-order valence-electron chi connectivity index (χ2n) is 5.54. The van der Waals surface area contributed by atoms with Crippen LogP contribution in [-0.2, 0) is 6.54 Å². The maximum Gasteiger partial charge on any atom is 0.268 e. The molecule has 0 aromatic carbocycles. The van der Waals surface area contributed by atoms with Crippen molar-refractivity contribution < 1.29 is 4.79 Å². The van der Waals surface area contributed by atoms with Crippen LogP contribution in [0.1, 0.15) is 49.5 Å². The average molecular weight is 298 g/mol. The van der Waals surface area contributed by atoms with Crippen molar-refractivity contribution in [2.45, 2.75) is 51.6 Å². The molecule has 0 saturated heterocycles. The van der Waals surface area contributed by atoms with Gasteiger partial charge in [-0.2, -0.15) is 0 Å². The highest BCUT2D eigenvalue weighted by Gasteiger charge is 2.25. The zero-order valence-corrected chi connectivity index (χ0v) is 12.8. The molecule has 0 spiro atoms. The third-order valence-corrected chi connectivity index (χ3v) is 4.43. The Morgan fingerprint density at radius 2 is 2.20 bits per heavy atom. The van der Waals surface area contributed by atoms with E-state index in [1.807, 2.05) is 11.5 Å². The van der Waals surface area contributed by atoms with E-state index < -0.39 is 0 Å². The number of nitrogens with zero attached hydrogens (tertiary/aromatic N) is 1. The van der Waals surface area contributed by atoms with Crippen molar-refractivity contribution in [2.75, 3.05) is 6.54 Å². The minimum absolute atomic E-state index is 0.0697. The van der Waals surface area contributed by atoms with Gasteiger partial charge in [0.25, 0.3) is 5.91 Å². The quantitative estimate of drug-likeness (QED) is 0.878. The molecule has 0 aliphatic heterocycles. The van der Waals surface area contributed by atoms with E-state index in [1.54, 1.807) is 12.3 Å². The number of amides is 1. The molecule has 1 aromatic rings. The zero-order chi connectivity index (χ0) is 14.5. The number of aryl methyl sites for hydroxylation is 1. The molecule has 1 atom stereocenters. The number of aromatic nitrogens is 1. The summed E-state index contributed by atoms with van der Waals surface area (Å²) in [5.74, 6) is 0.443. The van der Waals surface area contributed by atoms with Crippen molar-refractivity contribution >= 4 is 17.5 Å². The van der Waals surface area contributed by atoms with Crippen molar-refractivity contribution in [3.63, 3.8) is 0 Å². The zero-order valence-electron chi connectivity index (χ0n) is 12.1. The molecular formula is C15H24ClN3O. The molecule has 3 N–H and O–H groups in total. The van der Waals surface area contributed by atoms with Crippen LogP contribution in [0.2, 0.25) is 5.02 Å². The van der Waals surface area contributed by atoms with Crippen molar-refractivity contribution in [3.05, 3.63) is 23.0 Å². The lowest BCUT2D eigenvalue weighted by Crippen LogP contribution is -2.46. The highest BCUT2D eigenvalue weighted by molar-refractivity contribution is 6.31. The third kappa shape index (κ3) is 3.55. The van der Waals surface area contributed by atoms with Crippen molar-refractivity contribution in [2.24, 2.45) is 11.7 Å². The number of hydrogen-bond donors (Lipinski definition) is 2. The van der Waals surface area contributed by atoms with Gasteiger partial charge in [-0.1, -0.05) is 30.9 Å². The first-order valence-electron chi connectivity index (χ1n) is 7.52. The second kappa shape index (κ2) is 7.14. The Hall–Kier alpha value is -1.00. The van der Waals surface area contributed by atoms with Gasteiger partial charge in [-0.05, 0) is 31.7 Å². The molecule has 0 radical (unpaired) electrons. The molecule has 4 nitrogen and oxygen atoms in total. The molecule has 112 valence electrons. The topological polar surface area (TPSA) is 60.0 Å². The molecule has 1 amide bonds. The fourth-order valence-corrected chi connectivity index (χ4v) is 3.30. The molecule has 5 heteroatoms. The van der Waals surface area contributed by atoms with Gasteiger partial charge in [0.05, 0.1) is 5.02 Å². The maximum absolute atomic E-state index is 12.4. The Morgan fingerprint density at radius 1 is 1.50 bits per heavy atom. The van der Waals surface area contributed by atoms with E-state index >= 15 is 0 Å². The second-order valence-corrected chi connectivity index (χ2v) is 5.98. The van der Waals surface area contributed by atoms with Gasteiger partial charge in [0.15, 0.2) is 0 Å². The summed E-state index contributed by atoms with van der Waals surface area (Å²) < 4.78 is 1.87. The number of halogens is 1. The Morgan fingerprint density at radius 3 is 2.80 bits per heavy atom. The number of nitrogens with two attached hydrogens (primary N) is 1. The molecule has 1 aliphatic rings. The summed E-state index contributed by atoms with van der Waals surface area (Å²) >= 11 is 5.98. The lowest BCUT2D eigenvalue weighted by atomic mass is 9.84. The van der Waals surface area contributed by atoms with Crippen LogP contribution < -0.4 is 11.1 Å². The maximum atomic E-state index is 12.4. The van der Waals surface area contributed by atoms with E-state index in [0.717, 1.165) is 19.4 Å². The monoisotopic (exact) mass is 297 g/mol. The van der Waals surface area contributed by atoms with Crippen molar-refractivity contribution in [3.8, 4) is 0 Å². The number of rotatable bonds is 5. The SMILES string of the molecule is CCn1cc(Cl)cc1C(=O)NC(CN)C1CCCCC1. The molecule has 0 bridgehead atoms. The first kappa shape index (κ1) is 15.4. The summed E-state index contributed by atoms with van der Waals surface area (Å²) in [5, 5.41) is 3.69. The Labute approximate surface area is 125 Å². The van der Waals surface area contributed by atoms with E-state index in [0.29, 0.717) is 23.2 Å². The summed E-state index contributed by atoms with van der Waals surface area (Å²) in [6.07, 6.45) is 7.91. The van der Waals surface area contributed by atoms with Gasteiger partial charge in [0, 0.05) is 25.3 Å². The van der Waals surface area contributed by atoms with Gasteiger partial charge in [-0.3, -0.25) is 4.79 Å². The predicted molar refractivity (Wildman–Crippen MR) is 82.0 cm³/mol. The lowest BCUT2D eigenvalue weighted by molar-refractivity contribution is 0.0906. The van der Waals surface area contributed by atoms with Crippen LogP contribution >= 0.6 is 11.6 Å². The molecule has 1 unspecified atom stereocenters. The van der Waals surface area contributed by atoms with Gasteiger partial charge in [-0.15, -0.1) is 0 Å². The van der Waals surface area contributed by atoms with Gasteiger partial charge in [-0.25, -0.2) is 0 Å². The van der Waals surface area contributed by atoms with Crippen LogP contribution in [0, 0.1) is 5.92 Å². The van der Waals surface area contributed by atoms with Crippen LogP contribution in [0.25, 0.3) is 0 Å². The fourth-order valence-electron chi connectivity index (χ4n) is 3.07. The minimum atomic E-state index is -0.0697. The molecule has 1 heterocycles. The average Bonchev–Trinajstić information content (AvgIpc) is 2.86. The third-order valence-electron chi connectivity index (χ3n) is 4.23. The van der Waals surface area contributed by atoms with Gasteiger partial charge < -0.3 is 15.6 Å². The van der Waals surface area contributed by atoms with Crippen LogP contribution in [0.4, 0.5) is 0 Å². The summed E-state index contributed by atoms with van der Waals surface area (Å²) in [6.45, 7) is 3.22. The Bertz CT molecular complexity index is 452. The Kier molecular flexibility index (Phi) is 5.49. The van der Waals surface area contributed by atoms with Crippen molar-refractivity contribution in [1.29, 1.82) is 0 Å². The van der Waals surface area contributed by atoms with Crippen LogP contribution in [0.3, 0.4) is 0 Å². The largest absolute Gasteiger partial charge is 0.346 e. The molecule has 1 aromatic heterocycles. The number of carbonyl (C=O) groups is 1. The van der Waals surface area contributed by atoms with Crippen LogP contribution in [0.15, 0.2) is 12.3 Å². The van der Waals surface area contributed by atoms with Crippen LogP contribution in [0.5, 0.6) is 0 Å². The molecule has 1 saturated carbocycles. The Balaban J connectivity index is 2.04. The highest BCUT2D eigenvalue weighted by Crippen LogP contribution is 2.26. The summed E-state index contributed by atoms with van der Waals surface area (Å²) in [6, 6.07) is 1.79. The number of carbonyl (C=O) groups excluding carboxylic acids is 1. The highest BCUT2D eigenvalue weighted by atomic mass is 35.5. The fraction of sp³-hybridized carbons (Fsp3) is 0.667. The number of hydrogen-bond acceptors (Lipinski definition) is 2. The molecule has 20 heavy (non-hydrogen) atoms. The standard InChI is InChI=1S/C15H24ClN3O/c1-2-19-10-12(16)8-14(19)15(20)18-13(9-17)11-6-4-3-5-7-11/h8,10-11,13H,2-7,9,17H2,1H3,(H,18,20). The summed E-state index contributed by atoms with van der Waals surface area (Å²) in [7, 11) is 0. The van der Waals surface area contributed by atoms with E-state index in [9.17, 15) is 4.79 Å². The molecule has 2 rings (SSSR count). The van der Waals surface area contributed by atoms with E-state index in [4.69, 9.17) is 17.3 Å². The van der Waals surface area contributed by atoms with Gasteiger partial charge >= 0.3 is 0 Å². The smallest absolute Gasteiger partial charge is 0.268 e. The summed E-state index contributed by atoms with van der Waals surface area (Å²) in [4.78, 5) is 12.4. The first-order valence-corrected chi connectivity index (χ1v) is 7.90. The lowest BCUT2D eigenvalue weighted by Gasteiger charge is -2.30. The molecule has 1 fully saturated rings. The predicted octanol–water partition coefficient (Wildman–Crippen LogP) is 2.80. The van der Waals surface area contributed by atoms with E-state index in [2.05, 4.69) is 5.32 Å². The van der Waals surface area contributed by atoms with E-state index in [1.165, 1.54) is 19.3 Å². The van der Waals surface area contributed by atoms with Gasteiger partial charge in [0.2, 0.25) is 0 Å². The van der Waals surface area contributed by atoms with E-state index in [-0.39, 0.29) is 11.9 Å². The first-order chi connectivity index (χ1) is 9.65. The van der Waals surface area contributed by atoms with Gasteiger partial charge in [0.1, 0.15) is 5.69 Å². The van der Waals surface area contributed by atoms with Crippen molar-refractivity contribution in [1.82, 2.24) is 9.88 Å². The minimum Gasteiger partial charge on any atom is -0.346 e. The molecule has 1 aliphatic carbocycles. The normalized spacial score (nSPS) is 17.9. The number of nitrogens with one attached hydrogen (secondary N) is 1.